The van der Waals surface area contributed by atoms with Gasteiger partial charge in [-0.25, -0.2) is 14.5 Å². The molecule has 0 unspecified atom stereocenters. The van der Waals surface area contributed by atoms with Crippen molar-refractivity contribution in [2.45, 2.75) is 26.7 Å². The molecule has 3 aromatic rings. The zero-order chi connectivity index (χ0) is 19.4. The maximum Gasteiger partial charge on any atom is 0.355 e. The molecule has 0 spiro atoms. The van der Waals surface area contributed by atoms with Crippen LogP contribution in [-0.2, 0) is 17.6 Å². The fourth-order valence-corrected chi connectivity index (χ4v) is 3.58. The first-order chi connectivity index (χ1) is 13.0. The van der Waals surface area contributed by atoms with Gasteiger partial charge < -0.3 is 10.4 Å². The minimum Gasteiger partial charge on any atom is -0.476 e. The number of hydrogen-bond acceptors (Lipinski definition) is 5. The lowest BCUT2D eigenvalue weighted by Gasteiger charge is -2.06. The largest absolute Gasteiger partial charge is 0.476 e. The number of aromatic carboxylic acids is 1. The van der Waals surface area contributed by atoms with Gasteiger partial charge in [0.05, 0.1) is 22.8 Å². The van der Waals surface area contributed by atoms with Crippen molar-refractivity contribution in [3.63, 3.8) is 0 Å². The lowest BCUT2D eigenvalue weighted by molar-refractivity contribution is -0.120. The maximum absolute atomic E-state index is 12.3. The van der Waals surface area contributed by atoms with Gasteiger partial charge in [-0.3, -0.25) is 4.79 Å². The molecule has 0 aliphatic rings. The molecule has 0 fully saturated rings. The molecule has 140 valence electrons. The Morgan fingerprint density at radius 3 is 2.63 bits per heavy atom. The van der Waals surface area contributed by atoms with E-state index in [4.69, 9.17) is 5.11 Å². The van der Waals surface area contributed by atoms with Crippen LogP contribution in [0.4, 0.5) is 0 Å². The number of carboxylic acids is 1. The molecule has 1 amide bonds. The molecule has 0 aliphatic heterocycles. The molecule has 0 aliphatic carbocycles. The fraction of sp³-hybridized carbons (Fsp3) is 0.263. The summed E-state index contributed by atoms with van der Waals surface area (Å²) in [5, 5.41) is 18.5. The van der Waals surface area contributed by atoms with Gasteiger partial charge in [0.25, 0.3) is 0 Å². The van der Waals surface area contributed by atoms with Crippen LogP contribution in [-0.4, -0.2) is 38.3 Å². The van der Waals surface area contributed by atoms with Crippen molar-refractivity contribution in [3.05, 3.63) is 63.4 Å². The molecule has 27 heavy (non-hydrogen) atoms. The second kappa shape index (κ2) is 8.13. The molecule has 2 aromatic heterocycles. The van der Waals surface area contributed by atoms with Gasteiger partial charge in [-0.05, 0) is 26.0 Å². The highest BCUT2D eigenvalue weighted by molar-refractivity contribution is 7.09. The summed E-state index contributed by atoms with van der Waals surface area (Å²) >= 11 is 1.28. The molecule has 0 saturated carbocycles. The number of aryl methyl sites for hydroxylation is 1. The van der Waals surface area contributed by atoms with Gasteiger partial charge in [0.2, 0.25) is 5.91 Å². The number of rotatable bonds is 7. The lowest BCUT2D eigenvalue weighted by Crippen LogP contribution is -2.27. The maximum atomic E-state index is 12.3. The van der Waals surface area contributed by atoms with Crippen LogP contribution in [0.5, 0.6) is 0 Å². The van der Waals surface area contributed by atoms with Crippen molar-refractivity contribution < 1.29 is 14.7 Å². The summed E-state index contributed by atoms with van der Waals surface area (Å²) < 4.78 is 1.85. The third kappa shape index (κ3) is 4.40. The summed E-state index contributed by atoms with van der Waals surface area (Å²) in [6, 6.07) is 9.80. The molecule has 8 heteroatoms. The van der Waals surface area contributed by atoms with Crippen LogP contribution in [0.1, 0.15) is 32.4 Å². The van der Waals surface area contributed by atoms with Gasteiger partial charge in [0.15, 0.2) is 5.69 Å². The van der Waals surface area contributed by atoms with Gasteiger partial charge >= 0.3 is 5.97 Å². The zero-order valence-electron chi connectivity index (χ0n) is 15.1. The molecule has 0 atom stereocenters. The number of carbonyl (C=O) groups excluding carboxylic acids is 1. The second-order valence-corrected chi connectivity index (χ2v) is 7.05. The Labute approximate surface area is 160 Å². The van der Waals surface area contributed by atoms with Crippen LogP contribution in [0.2, 0.25) is 0 Å². The number of hydrogen-bond donors (Lipinski definition) is 2. The topological polar surface area (TPSA) is 97.1 Å². The Morgan fingerprint density at radius 1 is 1.22 bits per heavy atom. The predicted octanol–water partition coefficient (Wildman–Crippen LogP) is 2.55. The summed E-state index contributed by atoms with van der Waals surface area (Å²) in [6.07, 6.45) is 0.758. The SMILES string of the molecule is Cc1nn(-c2ccccc2)c(C)c1CC(=O)NCCc1nc(C(=O)O)cs1. The van der Waals surface area contributed by atoms with Crippen molar-refractivity contribution in [2.24, 2.45) is 0 Å². The van der Waals surface area contributed by atoms with Crippen LogP contribution < -0.4 is 5.32 Å². The Hall–Kier alpha value is -3.00. The van der Waals surface area contributed by atoms with E-state index in [1.807, 2.05) is 48.9 Å². The molecule has 0 saturated heterocycles. The van der Waals surface area contributed by atoms with Crippen LogP contribution >= 0.6 is 11.3 Å². The number of carboxylic acid groups (broad SMARTS) is 1. The number of para-hydroxylation sites is 1. The Balaban J connectivity index is 1.59. The third-order valence-electron chi connectivity index (χ3n) is 4.21. The standard InChI is InChI=1S/C19H20N4O3S/c1-12-15(13(2)23(22-12)14-6-4-3-5-7-14)10-17(24)20-9-8-18-21-16(11-27-18)19(25)26/h3-7,11H,8-10H2,1-2H3,(H,20,24)(H,25,26). The Morgan fingerprint density at radius 2 is 1.96 bits per heavy atom. The number of aromatic nitrogens is 3. The molecule has 2 N–H and O–H groups in total. The monoisotopic (exact) mass is 384 g/mol. The summed E-state index contributed by atoms with van der Waals surface area (Å²) in [6.45, 7) is 4.27. The number of nitrogens with one attached hydrogen (secondary N) is 1. The van der Waals surface area contributed by atoms with E-state index in [1.54, 1.807) is 0 Å². The molecule has 3 rings (SSSR count). The number of thiazole rings is 1. The highest BCUT2D eigenvalue weighted by Gasteiger charge is 2.16. The summed E-state index contributed by atoms with van der Waals surface area (Å²) in [7, 11) is 0. The molecule has 2 heterocycles. The third-order valence-corrected chi connectivity index (χ3v) is 5.12. The summed E-state index contributed by atoms with van der Waals surface area (Å²) in [4.78, 5) is 27.2. The fourth-order valence-electron chi connectivity index (χ4n) is 2.81. The van der Waals surface area contributed by atoms with Crippen LogP contribution in [0.3, 0.4) is 0 Å². The first kappa shape index (κ1) is 18.8. The van der Waals surface area contributed by atoms with Gasteiger partial charge in [0.1, 0.15) is 0 Å². The van der Waals surface area contributed by atoms with Gasteiger partial charge in [-0.1, -0.05) is 18.2 Å². The van der Waals surface area contributed by atoms with E-state index < -0.39 is 5.97 Å². The van der Waals surface area contributed by atoms with Crippen molar-refractivity contribution in [1.29, 1.82) is 0 Å². The molecule has 0 bridgehead atoms. The summed E-state index contributed by atoms with van der Waals surface area (Å²) in [5.41, 5.74) is 3.69. The highest BCUT2D eigenvalue weighted by Crippen LogP contribution is 2.18. The Kier molecular flexibility index (Phi) is 5.66. The zero-order valence-corrected chi connectivity index (χ0v) is 15.9. The quantitative estimate of drug-likeness (QED) is 0.652. The van der Waals surface area contributed by atoms with Crippen molar-refractivity contribution in [2.75, 3.05) is 6.54 Å². The van der Waals surface area contributed by atoms with E-state index in [1.165, 1.54) is 16.7 Å². The minimum absolute atomic E-state index is 0.0425. The van der Waals surface area contributed by atoms with Crippen LogP contribution in [0, 0.1) is 13.8 Å². The number of benzene rings is 1. The van der Waals surface area contributed by atoms with E-state index in [0.717, 1.165) is 22.6 Å². The predicted molar refractivity (Wildman–Crippen MR) is 103 cm³/mol. The lowest BCUT2D eigenvalue weighted by atomic mass is 10.1. The first-order valence-corrected chi connectivity index (χ1v) is 9.38. The minimum atomic E-state index is -1.04. The average molecular weight is 384 g/mol. The highest BCUT2D eigenvalue weighted by atomic mass is 32.1. The molecular weight excluding hydrogens is 364 g/mol. The van der Waals surface area contributed by atoms with Crippen LogP contribution in [0.15, 0.2) is 35.7 Å². The van der Waals surface area contributed by atoms with Gasteiger partial charge in [-0.15, -0.1) is 11.3 Å². The van der Waals surface area contributed by atoms with Gasteiger partial charge in [0, 0.05) is 29.6 Å². The number of carbonyl (C=O) groups is 2. The Bertz CT molecular complexity index is 963. The van der Waals surface area contributed by atoms with Crippen molar-refractivity contribution >= 4 is 23.2 Å². The van der Waals surface area contributed by atoms with Crippen molar-refractivity contribution in [3.8, 4) is 5.69 Å². The number of amides is 1. The molecule has 0 radical (unpaired) electrons. The average Bonchev–Trinajstić information content (AvgIpc) is 3.23. The van der Waals surface area contributed by atoms with E-state index in [9.17, 15) is 9.59 Å². The van der Waals surface area contributed by atoms with E-state index in [-0.39, 0.29) is 18.0 Å². The van der Waals surface area contributed by atoms with Crippen molar-refractivity contribution in [1.82, 2.24) is 20.1 Å². The van der Waals surface area contributed by atoms with E-state index in [2.05, 4.69) is 15.4 Å². The van der Waals surface area contributed by atoms with Gasteiger partial charge in [-0.2, -0.15) is 5.10 Å². The summed E-state index contributed by atoms with van der Waals surface area (Å²) in [5.74, 6) is -1.13. The molecule has 7 nitrogen and oxygen atoms in total. The van der Waals surface area contributed by atoms with Crippen LogP contribution in [0.25, 0.3) is 5.69 Å². The molecule has 1 aromatic carbocycles. The van der Waals surface area contributed by atoms with E-state index >= 15 is 0 Å². The normalized spacial score (nSPS) is 10.7. The smallest absolute Gasteiger partial charge is 0.355 e. The van der Waals surface area contributed by atoms with E-state index in [0.29, 0.717) is 18.0 Å². The number of nitrogens with zero attached hydrogens (tertiary/aromatic N) is 3. The second-order valence-electron chi connectivity index (χ2n) is 6.11. The molecular formula is C19H20N4O3S. The first-order valence-electron chi connectivity index (χ1n) is 8.50.